The van der Waals surface area contributed by atoms with E-state index >= 15 is 0 Å². The van der Waals surface area contributed by atoms with Gasteiger partial charge in [-0.05, 0) is 26.8 Å². The predicted molar refractivity (Wildman–Crippen MR) is 98.3 cm³/mol. The topological polar surface area (TPSA) is 135 Å². The average molecular weight is 409 g/mol. The first-order valence-corrected chi connectivity index (χ1v) is 8.61. The van der Waals surface area contributed by atoms with Crippen LogP contribution in [0.4, 0.5) is 0 Å². The molecule has 0 saturated carbocycles. The van der Waals surface area contributed by atoms with Crippen molar-refractivity contribution in [2.24, 2.45) is 0 Å². The Bertz CT molecular complexity index is 875. The van der Waals surface area contributed by atoms with Gasteiger partial charge in [-0.1, -0.05) is 0 Å². The molecule has 11 heteroatoms. The number of hydrogen-bond acceptors (Lipinski definition) is 10. The molecular weight excluding hydrogens is 386 g/mol. The number of nitrogens with zero attached hydrogens (tertiary/aromatic N) is 3. The lowest BCUT2D eigenvalue weighted by molar-refractivity contribution is -0.153. The number of esters is 4. The largest absolute Gasteiger partial charge is 0.466 e. The number of ether oxygens (including phenoxy) is 4. The second kappa shape index (κ2) is 11.4. The number of carbonyl (C=O) groups excluding carboxylic acids is 4. The van der Waals surface area contributed by atoms with E-state index in [1.807, 2.05) is 0 Å². The fourth-order valence-electron chi connectivity index (χ4n) is 2.26. The van der Waals surface area contributed by atoms with Crippen LogP contribution in [0.5, 0.6) is 0 Å². The number of hydrogen-bond donors (Lipinski definition) is 0. The van der Waals surface area contributed by atoms with Crippen molar-refractivity contribution < 1.29 is 38.1 Å². The van der Waals surface area contributed by atoms with E-state index in [9.17, 15) is 19.2 Å². The molecule has 0 aliphatic heterocycles. The molecule has 158 valence electrons. The van der Waals surface area contributed by atoms with Crippen LogP contribution >= 0.6 is 0 Å². The lowest BCUT2D eigenvalue weighted by Gasteiger charge is -2.03. The fourth-order valence-corrected chi connectivity index (χ4v) is 2.26. The van der Waals surface area contributed by atoms with Gasteiger partial charge in [0.25, 0.3) is 0 Å². The molecule has 0 bridgehead atoms. The van der Waals surface area contributed by atoms with Gasteiger partial charge in [-0.15, -0.1) is 0 Å². The molecule has 0 aliphatic carbocycles. The second-order valence-electron chi connectivity index (χ2n) is 5.34. The summed E-state index contributed by atoms with van der Waals surface area (Å²) in [6.45, 7) is 5.70. The summed E-state index contributed by atoms with van der Waals surface area (Å²) in [6.07, 6.45) is 0.939. The van der Waals surface area contributed by atoms with E-state index < -0.39 is 23.9 Å². The molecule has 0 N–H and O–H groups in total. The van der Waals surface area contributed by atoms with E-state index in [0.29, 0.717) is 5.69 Å². The molecule has 2 heterocycles. The van der Waals surface area contributed by atoms with Crippen LogP contribution in [0.2, 0.25) is 0 Å². The molecule has 2 rings (SSSR count). The Hall–Kier alpha value is -3.50. The number of aromatic nitrogens is 3. The van der Waals surface area contributed by atoms with E-state index in [0.717, 1.165) is 0 Å². The van der Waals surface area contributed by atoms with Crippen molar-refractivity contribution in [1.29, 1.82) is 0 Å². The quantitative estimate of drug-likeness (QED) is 0.388. The summed E-state index contributed by atoms with van der Waals surface area (Å²) in [7, 11) is 2.51. The maximum atomic E-state index is 11.7. The summed E-state index contributed by atoms with van der Waals surface area (Å²) < 4.78 is 19.8. The summed E-state index contributed by atoms with van der Waals surface area (Å²) in [5.41, 5.74) is 1.24. The molecule has 11 nitrogen and oxygen atoms in total. The SMILES string of the molecule is CCOC(=O)CC(=O)OCC.COC(=O)c1cc(C)n2ncnc(C(=O)OC)c12. The van der Waals surface area contributed by atoms with Crippen molar-refractivity contribution >= 4 is 29.4 Å². The van der Waals surface area contributed by atoms with Crippen molar-refractivity contribution in [2.45, 2.75) is 27.2 Å². The molecule has 0 radical (unpaired) electrons. The zero-order valence-corrected chi connectivity index (χ0v) is 16.9. The van der Waals surface area contributed by atoms with Gasteiger partial charge in [-0.3, -0.25) is 9.59 Å². The Labute approximate surface area is 166 Å². The molecule has 0 saturated heterocycles. The lowest BCUT2D eigenvalue weighted by atomic mass is 10.2. The van der Waals surface area contributed by atoms with Crippen molar-refractivity contribution in [1.82, 2.24) is 14.6 Å². The van der Waals surface area contributed by atoms with Crippen LogP contribution in [-0.4, -0.2) is 65.9 Å². The van der Waals surface area contributed by atoms with Crippen molar-refractivity contribution in [3.63, 3.8) is 0 Å². The molecule has 0 atom stereocenters. The van der Waals surface area contributed by atoms with E-state index in [4.69, 9.17) is 0 Å². The molecule has 2 aromatic rings. The van der Waals surface area contributed by atoms with Gasteiger partial charge >= 0.3 is 23.9 Å². The summed E-state index contributed by atoms with van der Waals surface area (Å²) in [5, 5.41) is 3.99. The van der Waals surface area contributed by atoms with Gasteiger partial charge in [0.15, 0.2) is 5.69 Å². The van der Waals surface area contributed by atoms with Crippen LogP contribution in [0.25, 0.3) is 5.52 Å². The number of carbonyl (C=O) groups is 4. The van der Waals surface area contributed by atoms with Gasteiger partial charge in [0, 0.05) is 5.69 Å². The Morgan fingerprint density at radius 1 is 0.966 bits per heavy atom. The predicted octanol–water partition coefficient (Wildman–Crippen LogP) is 1.11. The molecule has 2 aromatic heterocycles. The summed E-state index contributed by atoms with van der Waals surface area (Å²) in [6, 6.07) is 1.59. The minimum Gasteiger partial charge on any atom is -0.466 e. The first-order chi connectivity index (χ1) is 13.8. The smallest absolute Gasteiger partial charge is 0.359 e. The zero-order chi connectivity index (χ0) is 22.0. The highest BCUT2D eigenvalue weighted by atomic mass is 16.6. The Morgan fingerprint density at radius 2 is 1.52 bits per heavy atom. The molecular formula is C18H23N3O8. The monoisotopic (exact) mass is 409 g/mol. The first-order valence-electron chi connectivity index (χ1n) is 8.61. The number of methoxy groups -OCH3 is 2. The van der Waals surface area contributed by atoms with Gasteiger partial charge in [-0.25, -0.2) is 19.1 Å². The van der Waals surface area contributed by atoms with Crippen molar-refractivity contribution in [2.75, 3.05) is 27.4 Å². The molecule has 0 amide bonds. The van der Waals surface area contributed by atoms with Gasteiger partial charge in [0.2, 0.25) is 0 Å². The maximum absolute atomic E-state index is 11.7. The maximum Gasteiger partial charge on any atom is 0.359 e. The van der Waals surface area contributed by atoms with Crippen LogP contribution in [0.1, 0.15) is 46.8 Å². The van der Waals surface area contributed by atoms with Crippen LogP contribution in [0.15, 0.2) is 12.4 Å². The van der Waals surface area contributed by atoms with Gasteiger partial charge in [-0.2, -0.15) is 5.10 Å². The van der Waals surface area contributed by atoms with Gasteiger partial charge in [0.05, 0.1) is 33.0 Å². The highest BCUT2D eigenvalue weighted by molar-refractivity contribution is 6.05. The lowest BCUT2D eigenvalue weighted by Crippen LogP contribution is -2.13. The molecule has 29 heavy (non-hydrogen) atoms. The van der Waals surface area contributed by atoms with Gasteiger partial charge in [0.1, 0.15) is 18.3 Å². The zero-order valence-electron chi connectivity index (χ0n) is 16.9. The van der Waals surface area contributed by atoms with E-state index in [1.165, 1.54) is 25.1 Å². The van der Waals surface area contributed by atoms with Crippen LogP contribution in [0.3, 0.4) is 0 Å². The molecule has 0 spiro atoms. The number of aryl methyl sites for hydroxylation is 1. The average Bonchev–Trinajstić information content (AvgIpc) is 3.04. The third-order valence-electron chi connectivity index (χ3n) is 3.42. The van der Waals surface area contributed by atoms with E-state index in [-0.39, 0.29) is 36.4 Å². The third-order valence-corrected chi connectivity index (χ3v) is 3.42. The minimum atomic E-state index is -0.634. The second-order valence-corrected chi connectivity index (χ2v) is 5.34. The van der Waals surface area contributed by atoms with Crippen molar-refractivity contribution in [3.05, 3.63) is 29.3 Å². The highest BCUT2D eigenvalue weighted by Gasteiger charge is 2.22. The number of rotatable bonds is 6. The Kier molecular flexibility index (Phi) is 9.23. The first kappa shape index (κ1) is 23.5. The minimum absolute atomic E-state index is 0.0287. The summed E-state index contributed by atoms with van der Waals surface area (Å²) in [4.78, 5) is 48.3. The van der Waals surface area contributed by atoms with Crippen molar-refractivity contribution in [3.8, 4) is 0 Å². The Balaban J connectivity index is 0.000000331. The van der Waals surface area contributed by atoms with Crippen LogP contribution in [0, 0.1) is 6.92 Å². The summed E-state index contributed by atoms with van der Waals surface area (Å²) in [5.74, 6) is -2.26. The summed E-state index contributed by atoms with van der Waals surface area (Å²) >= 11 is 0. The standard InChI is InChI=1S/C11H11N3O4.C7H12O4/c1-6-4-7(10(15)17-2)9-8(11(16)18-3)12-5-13-14(6)9;1-3-10-6(8)5-7(9)11-4-2/h4-5H,1-3H3;3-5H2,1-2H3. The molecule has 0 aromatic carbocycles. The number of fused-ring (bicyclic) bond motifs is 1. The van der Waals surface area contributed by atoms with Crippen LogP contribution in [-0.2, 0) is 28.5 Å². The molecule has 0 unspecified atom stereocenters. The van der Waals surface area contributed by atoms with E-state index in [1.54, 1.807) is 26.8 Å². The fraction of sp³-hybridized carbons (Fsp3) is 0.444. The third kappa shape index (κ3) is 6.26. The highest BCUT2D eigenvalue weighted by Crippen LogP contribution is 2.19. The van der Waals surface area contributed by atoms with Gasteiger partial charge < -0.3 is 18.9 Å². The van der Waals surface area contributed by atoms with Crippen LogP contribution < -0.4 is 0 Å². The normalized spacial score (nSPS) is 9.83. The Morgan fingerprint density at radius 3 is 2.00 bits per heavy atom. The molecule has 0 aliphatic rings. The molecule has 0 fully saturated rings. The van der Waals surface area contributed by atoms with E-state index in [2.05, 4.69) is 29.0 Å².